The SMILES string of the molecule is NCC1CCCC(Cn2c(C=Cc3ccccc3)nc3cc(Cl)ccc3c2=O)C1. The summed E-state index contributed by atoms with van der Waals surface area (Å²) in [6.45, 7) is 1.40. The van der Waals surface area contributed by atoms with Crippen LogP contribution in [0.1, 0.15) is 37.1 Å². The predicted molar refractivity (Wildman–Crippen MR) is 121 cm³/mol. The molecule has 2 aromatic carbocycles. The van der Waals surface area contributed by atoms with Gasteiger partial charge in [-0.1, -0.05) is 54.4 Å². The third kappa shape index (κ3) is 4.60. The quantitative estimate of drug-likeness (QED) is 0.648. The van der Waals surface area contributed by atoms with E-state index in [4.69, 9.17) is 22.3 Å². The standard InChI is InChI=1S/C24H26ClN3O/c25-20-10-11-21-22(14-20)27-23(12-9-17-5-2-1-3-6-17)28(24(21)29)16-19-8-4-7-18(13-19)15-26/h1-3,5-6,9-12,14,18-19H,4,7-8,13,15-16,26H2. The molecule has 0 radical (unpaired) electrons. The molecule has 1 aromatic heterocycles. The minimum atomic E-state index is -0.00532. The van der Waals surface area contributed by atoms with Crippen LogP contribution in [0, 0.1) is 11.8 Å². The lowest BCUT2D eigenvalue weighted by atomic mass is 9.81. The van der Waals surface area contributed by atoms with Crippen LogP contribution in [0.15, 0.2) is 53.3 Å². The number of benzene rings is 2. The Hall–Kier alpha value is -2.43. The van der Waals surface area contributed by atoms with Gasteiger partial charge in [-0.15, -0.1) is 0 Å². The molecule has 0 spiro atoms. The average molecular weight is 408 g/mol. The highest BCUT2D eigenvalue weighted by molar-refractivity contribution is 6.31. The minimum Gasteiger partial charge on any atom is -0.330 e. The summed E-state index contributed by atoms with van der Waals surface area (Å²) in [6, 6.07) is 15.3. The smallest absolute Gasteiger partial charge is 0.261 e. The zero-order valence-electron chi connectivity index (χ0n) is 16.4. The molecule has 0 aliphatic heterocycles. The molecule has 1 aliphatic rings. The van der Waals surface area contributed by atoms with Crippen molar-refractivity contribution >= 4 is 34.7 Å². The van der Waals surface area contributed by atoms with Crippen molar-refractivity contribution in [2.45, 2.75) is 32.2 Å². The lowest BCUT2D eigenvalue weighted by Gasteiger charge is -2.29. The molecule has 4 rings (SSSR count). The highest BCUT2D eigenvalue weighted by Gasteiger charge is 2.23. The van der Waals surface area contributed by atoms with Gasteiger partial charge in [0.25, 0.3) is 5.56 Å². The molecule has 2 N–H and O–H groups in total. The van der Waals surface area contributed by atoms with Crippen molar-refractivity contribution in [3.8, 4) is 0 Å². The van der Waals surface area contributed by atoms with Crippen molar-refractivity contribution in [1.82, 2.24) is 9.55 Å². The van der Waals surface area contributed by atoms with Crippen LogP contribution < -0.4 is 11.3 Å². The van der Waals surface area contributed by atoms with Crippen LogP contribution in [0.4, 0.5) is 0 Å². The molecule has 1 aliphatic carbocycles. The third-order valence-electron chi connectivity index (χ3n) is 5.84. The molecule has 1 heterocycles. The van der Waals surface area contributed by atoms with Crippen molar-refractivity contribution in [2.24, 2.45) is 17.6 Å². The fourth-order valence-corrected chi connectivity index (χ4v) is 4.46. The Morgan fingerprint density at radius 3 is 2.69 bits per heavy atom. The fourth-order valence-electron chi connectivity index (χ4n) is 4.29. The summed E-state index contributed by atoms with van der Waals surface area (Å²) in [5, 5.41) is 1.19. The second kappa shape index (κ2) is 8.93. The number of halogens is 1. The maximum absolute atomic E-state index is 13.3. The van der Waals surface area contributed by atoms with E-state index in [-0.39, 0.29) is 5.56 Å². The summed E-state index contributed by atoms with van der Waals surface area (Å²) >= 11 is 6.15. The van der Waals surface area contributed by atoms with E-state index >= 15 is 0 Å². The molecule has 0 saturated heterocycles. The largest absolute Gasteiger partial charge is 0.330 e. The molecule has 1 saturated carbocycles. The Morgan fingerprint density at radius 2 is 1.90 bits per heavy atom. The molecule has 3 aromatic rings. The summed E-state index contributed by atoms with van der Waals surface area (Å²) < 4.78 is 1.83. The number of hydrogen-bond donors (Lipinski definition) is 1. The number of nitrogens with zero attached hydrogens (tertiary/aromatic N) is 2. The molecule has 150 valence electrons. The van der Waals surface area contributed by atoms with E-state index in [1.165, 1.54) is 12.8 Å². The monoisotopic (exact) mass is 407 g/mol. The number of hydrogen-bond acceptors (Lipinski definition) is 3. The van der Waals surface area contributed by atoms with Gasteiger partial charge in [-0.25, -0.2) is 4.98 Å². The predicted octanol–water partition coefficient (Wildman–Crippen LogP) is 4.99. The number of aromatic nitrogens is 2. The minimum absolute atomic E-state index is 0.00532. The summed E-state index contributed by atoms with van der Waals surface area (Å²) in [5.74, 6) is 1.67. The van der Waals surface area contributed by atoms with Gasteiger partial charge in [0.1, 0.15) is 5.82 Å². The molecular formula is C24H26ClN3O. The summed E-state index contributed by atoms with van der Waals surface area (Å²) in [4.78, 5) is 18.1. The van der Waals surface area contributed by atoms with Gasteiger partial charge in [0.2, 0.25) is 0 Å². The topological polar surface area (TPSA) is 60.9 Å². The van der Waals surface area contributed by atoms with Crippen LogP contribution in [0.2, 0.25) is 5.02 Å². The van der Waals surface area contributed by atoms with E-state index < -0.39 is 0 Å². The van der Waals surface area contributed by atoms with E-state index in [0.717, 1.165) is 24.9 Å². The van der Waals surface area contributed by atoms with Gasteiger partial charge < -0.3 is 5.73 Å². The maximum atomic E-state index is 13.3. The zero-order valence-corrected chi connectivity index (χ0v) is 17.2. The molecule has 5 heteroatoms. The Labute approximate surface area is 176 Å². The number of nitrogens with two attached hydrogens (primary N) is 1. The van der Waals surface area contributed by atoms with E-state index in [1.54, 1.807) is 18.2 Å². The van der Waals surface area contributed by atoms with Gasteiger partial charge >= 0.3 is 0 Å². The van der Waals surface area contributed by atoms with Crippen LogP contribution >= 0.6 is 11.6 Å². The van der Waals surface area contributed by atoms with E-state index in [1.807, 2.05) is 47.1 Å². The van der Waals surface area contributed by atoms with Crippen molar-refractivity contribution < 1.29 is 0 Å². The Kier molecular flexibility index (Phi) is 6.12. The molecule has 2 atom stereocenters. The molecule has 0 amide bonds. The summed E-state index contributed by atoms with van der Waals surface area (Å²) in [6.07, 6.45) is 8.50. The average Bonchev–Trinajstić information content (AvgIpc) is 2.75. The lowest BCUT2D eigenvalue weighted by molar-refractivity contribution is 0.245. The first kappa shape index (κ1) is 19.9. The molecular weight excluding hydrogens is 382 g/mol. The highest BCUT2D eigenvalue weighted by atomic mass is 35.5. The van der Waals surface area contributed by atoms with Gasteiger partial charge in [0, 0.05) is 11.6 Å². The lowest BCUT2D eigenvalue weighted by Crippen LogP contribution is -2.31. The van der Waals surface area contributed by atoms with Gasteiger partial charge in [-0.2, -0.15) is 0 Å². The first-order valence-electron chi connectivity index (χ1n) is 10.3. The molecule has 2 unspecified atom stereocenters. The van der Waals surface area contributed by atoms with Gasteiger partial charge in [-0.3, -0.25) is 9.36 Å². The Balaban J connectivity index is 1.75. The normalized spacial score (nSPS) is 19.8. The highest BCUT2D eigenvalue weighted by Crippen LogP contribution is 2.29. The second-order valence-corrected chi connectivity index (χ2v) is 8.36. The van der Waals surface area contributed by atoms with Crippen LogP contribution in [0.25, 0.3) is 23.1 Å². The molecule has 29 heavy (non-hydrogen) atoms. The van der Waals surface area contributed by atoms with Crippen molar-refractivity contribution in [1.29, 1.82) is 0 Å². The third-order valence-corrected chi connectivity index (χ3v) is 6.07. The second-order valence-electron chi connectivity index (χ2n) is 7.93. The Morgan fingerprint density at radius 1 is 1.10 bits per heavy atom. The van der Waals surface area contributed by atoms with Crippen LogP contribution in [-0.4, -0.2) is 16.1 Å². The van der Waals surface area contributed by atoms with Gasteiger partial charge in [-0.05, 0) is 67.5 Å². The fraction of sp³-hybridized carbons (Fsp3) is 0.333. The van der Waals surface area contributed by atoms with Crippen molar-refractivity contribution in [3.63, 3.8) is 0 Å². The van der Waals surface area contributed by atoms with Crippen LogP contribution in [-0.2, 0) is 6.54 Å². The van der Waals surface area contributed by atoms with Crippen LogP contribution in [0.5, 0.6) is 0 Å². The summed E-state index contributed by atoms with van der Waals surface area (Å²) in [7, 11) is 0. The Bertz CT molecular complexity index is 1070. The maximum Gasteiger partial charge on any atom is 0.261 e. The first-order valence-corrected chi connectivity index (χ1v) is 10.6. The van der Waals surface area contributed by atoms with Gasteiger partial charge in [0.05, 0.1) is 10.9 Å². The number of fused-ring (bicyclic) bond motifs is 1. The van der Waals surface area contributed by atoms with Crippen LogP contribution in [0.3, 0.4) is 0 Å². The molecule has 4 nitrogen and oxygen atoms in total. The first-order chi connectivity index (χ1) is 14.1. The van der Waals surface area contributed by atoms with E-state index in [0.29, 0.717) is 40.1 Å². The molecule has 1 fully saturated rings. The van der Waals surface area contributed by atoms with Gasteiger partial charge in [0.15, 0.2) is 0 Å². The van der Waals surface area contributed by atoms with E-state index in [2.05, 4.69) is 0 Å². The van der Waals surface area contributed by atoms with Crippen molar-refractivity contribution in [3.05, 3.63) is 75.3 Å². The number of rotatable bonds is 5. The van der Waals surface area contributed by atoms with Crippen molar-refractivity contribution in [2.75, 3.05) is 6.54 Å². The van der Waals surface area contributed by atoms with E-state index in [9.17, 15) is 4.79 Å². The molecule has 0 bridgehead atoms. The zero-order chi connectivity index (χ0) is 20.2. The summed E-state index contributed by atoms with van der Waals surface area (Å²) in [5.41, 5.74) is 7.61.